The van der Waals surface area contributed by atoms with E-state index in [1.54, 1.807) is 6.33 Å². The number of carbonyl (C=O) groups is 1. The third kappa shape index (κ3) is 3.39. The van der Waals surface area contributed by atoms with Crippen molar-refractivity contribution in [2.75, 3.05) is 11.1 Å². The van der Waals surface area contributed by atoms with Gasteiger partial charge in [0, 0.05) is 39.9 Å². The number of hydrogen-bond acceptors (Lipinski definition) is 7. The Morgan fingerprint density at radius 1 is 1.31 bits per heavy atom. The van der Waals surface area contributed by atoms with Crippen molar-refractivity contribution in [2.24, 2.45) is 5.92 Å². The molecule has 1 aliphatic rings. The summed E-state index contributed by atoms with van der Waals surface area (Å²) in [5, 5.41) is 5.55. The van der Waals surface area contributed by atoms with Crippen LogP contribution in [-0.4, -0.2) is 30.4 Å². The lowest BCUT2D eigenvalue weighted by Gasteiger charge is -2.28. The van der Waals surface area contributed by atoms with E-state index in [-0.39, 0.29) is 17.9 Å². The van der Waals surface area contributed by atoms with Gasteiger partial charge in [-0.2, -0.15) is 0 Å². The molecule has 8 nitrogen and oxygen atoms in total. The van der Waals surface area contributed by atoms with Crippen LogP contribution in [0.25, 0.3) is 11.2 Å². The van der Waals surface area contributed by atoms with Gasteiger partial charge >= 0.3 is 0 Å². The van der Waals surface area contributed by atoms with Crippen LogP contribution in [0.1, 0.15) is 37.4 Å². The maximum atomic E-state index is 12.5. The molecule has 3 N–H and O–H groups in total. The van der Waals surface area contributed by atoms with Crippen molar-refractivity contribution in [3.63, 3.8) is 0 Å². The van der Waals surface area contributed by atoms with Gasteiger partial charge in [-0.3, -0.25) is 4.79 Å². The molecule has 10 heteroatoms. The molecule has 136 valence electrons. The number of halogens is 1. The SMILES string of the molecule is Cc1csc(NC(=O)C2CCC(n3cnc4c(N)nc(I)nc43)CC2)n1. The minimum Gasteiger partial charge on any atom is -0.382 e. The number of nitrogen functional groups attached to an aromatic ring is 1. The second-order valence-corrected chi connectivity index (χ2v) is 8.31. The van der Waals surface area contributed by atoms with Gasteiger partial charge in [-0.05, 0) is 32.6 Å². The fraction of sp³-hybridized carbons (Fsp3) is 0.438. The quantitative estimate of drug-likeness (QED) is 0.438. The second-order valence-electron chi connectivity index (χ2n) is 6.49. The number of anilines is 2. The van der Waals surface area contributed by atoms with Gasteiger partial charge in [0.15, 0.2) is 20.4 Å². The molecule has 3 aromatic rings. The average molecular weight is 483 g/mol. The van der Waals surface area contributed by atoms with Crippen LogP contribution in [-0.2, 0) is 4.79 Å². The van der Waals surface area contributed by atoms with Gasteiger partial charge in [-0.15, -0.1) is 11.3 Å². The van der Waals surface area contributed by atoms with Crippen LogP contribution < -0.4 is 11.1 Å². The van der Waals surface area contributed by atoms with Gasteiger partial charge in [0.2, 0.25) is 5.91 Å². The van der Waals surface area contributed by atoms with Gasteiger partial charge in [-0.1, -0.05) is 0 Å². The Morgan fingerprint density at radius 2 is 2.08 bits per heavy atom. The van der Waals surface area contributed by atoms with Crippen molar-refractivity contribution in [2.45, 2.75) is 38.6 Å². The molecule has 4 rings (SSSR count). The lowest BCUT2D eigenvalue weighted by Crippen LogP contribution is -2.28. The van der Waals surface area contributed by atoms with Crippen LogP contribution in [0.4, 0.5) is 10.9 Å². The number of aryl methyl sites for hydroxylation is 1. The molecule has 1 aliphatic carbocycles. The number of thiazole rings is 1. The number of imidazole rings is 1. The van der Waals surface area contributed by atoms with Crippen LogP contribution >= 0.6 is 33.9 Å². The van der Waals surface area contributed by atoms with Crippen LogP contribution in [0.5, 0.6) is 0 Å². The Balaban J connectivity index is 1.44. The molecule has 0 aliphatic heterocycles. The monoisotopic (exact) mass is 483 g/mol. The molecule has 0 unspecified atom stereocenters. The van der Waals surface area contributed by atoms with Gasteiger partial charge in [0.25, 0.3) is 0 Å². The van der Waals surface area contributed by atoms with E-state index in [2.05, 4.69) is 52.4 Å². The first-order chi connectivity index (χ1) is 12.5. The summed E-state index contributed by atoms with van der Waals surface area (Å²) in [6.07, 6.45) is 5.26. The molecule has 0 aromatic carbocycles. The zero-order valence-electron chi connectivity index (χ0n) is 14.1. The van der Waals surface area contributed by atoms with E-state index in [1.165, 1.54) is 11.3 Å². The third-order valence-electron chi connectivity index (χ3n) is 4.73. The van der Waals surface area contributed by atoms with Crippen LogP contribution in [0, 0.1) is 16.7 Å². The standard InChI is InChI=1S/C16H18IN7OS/c1-8-6-26-16(20-8)23-14(25)9-2-4-10(5-3-9)24-7-19-11-12(18)21-15(17)22-13(11)24/h6-7,9-10H,2-5H2,1H3,(H2,18,21,22)(H,20,23,25). The Hall–Kier alpha value is -1.82. The van der Waals surface area contributed by atoms with E-state index < -0.39 is 0 Å². The van der Waals surface area contributed by atoms with E-state index in [1.807, 2.05) is 12.3 Å². The number of nitrogens with zero attached hydrogens (tertiary/aromatic N) is 5. The largest absolute Gasteiger partial charge is 0.382 e. The van der Waals surface area contributed by atoms with Crippen molar-refractivity contribution < 1.29 is 4.79 Å². The van der Waals surface area contributed by atoms with Crippen LogP contribution in [0.15, 0.2) is 11.7 Å². The molecule has 0 bridgehead atoms. The molecular weight excluding hydrogens is 465 g/mol. The first-order valence-corrected chi connectivity index (χ1v) is 10.4. The molecule has 1 amide bonds. The summed E-state index contributed by atoms with van der Waals surface area (Å²) in [7, 11) is 0. The zero-order valence-corrected chi connectivity index (χ0v) is 17.1. The van der Waals surface area contributed by atoms with E-state index >= 15 is 0 Å². The highest BCUT2D eigenvalue weighted by Crippen LogP contribution is 2.35. The third-order valence-corrected chi connectivity index (χ3v) is 6.09. The molecule has 0 spiro atoms. The van der Waals surface area contributed by atoms with Crippen molar-refractivity contribution >= 4 is 61.9 Å². The summed E-state index contributed by atoms with van der Waals surface area (Å²) < 4.78 is 2.69. The summed E-state index contributed by atoms with van der Waals surface area (Å²) in [5.41, 5.74) is 8.29. The zero-order chi connectivity index (χ0) is 18.3. The molecular formula is C16H18IN7OS. The molecule has 0 atom stereocenters. The predicted molar refractivity (Wildman–Crippen MR) is 109 cm³/mol. The van der Waals surface area contributed by atoms with Crippen molar-refractivity contribution in [3.05, 3.63) is 21.2 Å². The maximum absolute atomic E-state index is 12.5. The Kier molecular flexibility index (Phi) is 4.78. The molecule has 0 saturated heterocycles. The molecule has 1 fully saturated rings. The highest BCUT2D eigenvalue weighted by molar-refractivity contribution is 14.1. The number of aromatic nitrogens is 5. The van der Waals surface area contributed by atoms with E-state index in [0.29, 0.717) is 20.3 Å². The number of carbonyl (C=O) groups excluding carboxylic acids is 1. The number of rotatable bonds is 3. The van der Waals surface area contributed by atoms with E-state index in [0.717, 1.165) is 37.0 Å². The summed E-state index contributed by atoms with van der Waals surface area (Å²) in [4.78, 5) is 29.8. The van der Waals surface area contributed by atoms with Gasteiger partial charge in [-0.25, -0.2) is 19.9 Å². The van der Waals surface area contributed by atoms with E-state index in [9.17, 15) is 4.79 Å². The average Bonchev–Trinajstić information content (AvgIpc) is 3.21. The summed E-state index contributed by atoms with van der Waals surface area (Å²) >= 11 is 3.52. The summed E-state index contributed by atoms with van der Waals surface area (Å²) in [6, 6.07) is 0.274. The van der Waals surface area contributed by atoms with Crippen molar-refractivity contribution in [1.29, 1.82) is 0 Å². The topological polar surface area (TPSA) is 112 Å². The molecule has 0 radical (unpaired) electrons. The summed E-state index contributed by atoms with van der Waals surface area (Å²) in [6.45, 7) is 1.92. The van der Waals surface area contributed by atoms with Gasteiger partial charge < -0.3 is 15.6 Å². The second kappa shape index (κ2) is 7.06. The summed E-state index contributed by atoms with van der Waals surface area (Å²) in [5.74, 6) is 0.490. The Bertz CT molecular complexity index is 961. The highest BCUT2D eigenvalue weighted by Gasteiger charge is 2.28. The van der Waals surface area contributed by atoms with Gasteiger partial charge in [0.05, 0.1) is 12.0 Å². The fourth-order valence-electron chi connectivity index (χ4n) is 3.41. The number of nitrogens with two attached hydrogens (primary N) is 1. The van der Waals surface area contributed by atoms with Crippen LogP contribution in [0.3, 0.4) is 0 Å². The first kappa shape index (κ1) is 17.6. The molecule has 1 saturated carbocycles. The molecule has 26 heavy (non-hydrogen) atoms. The Morgan fingerprint density at radius 3 is 2.77 bits per heavy atom. The predicted octanol–water partition coefficient (Wildman–Crippen LogP) is 3.15. The number of hydrogen-bond donors (Lipinski definition) is 2. The smallest absolute Gasteiger partial charge is 0.229 e. The normalized spacial score (nSPS) is 20.4. The minimum atomic E-state index is 0.0186. The number of nitrogens with one attached hydrogen (secondary N) is 1. The Labute approximate surface area is 167 Å². The van der Waals surface area contributed by atoms with Gasteiger partial charge in [0.1, 0.15) is 5.52 Å². The molecule has 3 aromatic heterocycles. The minimum absolute atomic E-state index is 0.0186. The van der Waals surface area contributed by atoms with Crippen molar-refractivity contribution in [1.82, 2.24) is 24.5 Å². The highest BCUT2D eigenvalue weighted by atomic mass is 127. The van der Waals surface area contributed by atoms with Crippen molar-refractivity contribution in [3.8, 4) is 0 Å². The fourth-order valence-corrected chi connectivity index (χ4v) is 4.59. The first-order valence-electron chi connectivity index (χ1n) is 8.40. The molecule has 3 heterocycles. The number of amides is 1. The number of fused-ring (bicyclic) bond motifs is 1. The van der Waals surface area contributed by atoms with Crippen LogP contribution in [0.2, 0.25) is 0 Å². The maximum Gasteiger partial charge on any atom is 0.229 e. The lowest BCUT2D eigenvalue weighted by atomic mass is 9.85. The van der Waals surface area contributed by atoms with E-state index in [4.69, 9.17) is 5.73 Å². The lowest BCUT2D eigenvalue weighted by molar-refractivity contribution is -0.120.